The number of aromatic amines is 2. The lowest BCUT2D eigenvalue weighted by Gasteiger charge is -2.07. The molecule has 196 valence electrons. The molecule has 0 amide bonds. The summed E-state index contributed by atoms with van der Waals surface area (Å²) in [7, 11) is -3.22. The first-order valence-corrected chi connectivity index (χ1v) is 13.8. The fraction of sp³-hybridized carbons (Fsp3) is 0.115. The standard InChI is InChI=1S/C26H20F2N8O2S/c1-39(37,38)5-3-13-6-14(8-16(27)7-13)18-2-4-31-25-23(18)33-26(34-25)24-20-19(35-36-24)12-32-22(21(20)28)15-9-17(29)11-30-10-15/h2,4,6-12H,3,5,29H2,1H3,(H,35,36)(H,31,33,34). The minimum atomic E-state index is -3.22. The van der Waals surface area contributed by atoms with Gasteiger partial charge in [0.25, 0.3) is 0 Å². The SMILES string of the molecule is CS(=O)(=O)CCc1cc(F)cc(-c2ccnc3nc(-c4n[nH]c5cnc(-c6cncc(N)c6)c(F)c45)[nH]c23)c1. The van der Waals surface area contributed by atoms with E-state index in [9.17, 15) is 12.8 Å². The topological polar surface area (TPSA) is 156 Å². The van der Waals surface area contributed by atoms with E-state index < -0.39 is 21.5 Å². The number of rotatable bonds is 6. The highest BCUT2D eigenvalue weighted by molar-refractivity contribution is 7.90. The number of halogens is 2. The average molecular weight is 547 g/mol. The van der Waals surface area contributed by atoms with Crippen molar-refractivity contribution in [2.24, 2.45) is 0 Å². The molecule has 39 heavy (non-hydrogen) atoms. The Morgan fingerprint density at radius 2 is 1.85 bits per heavy atom. The van der Waals surface area contributed by atoms with Gasteiger partial charge in [0.1, 0.15) is 27.0 Å². The predicted molar refractivity (Wildman–Crippen MR) is 143 cm³/mol. The van der Waals surface area contributed by atoms with E-state index in [1.54, 1.807) is 18.2 Å². The molecule has 0 bridgehead atoms. The average Bonchev–Trinajstić information content (AvgIpc) is 3.51. The molecular weight excluding hydrogens is 526 g/mol. The molecule has 0 aliphatic carbocycles. The van der Waals surface area contributed by atoms with E-state index in [0.29, 0.717) is 44.6 Å². The van der Waals surface area contributed by atoms with Gasteiger partial charge < -0.3 is 10.7 Å². The number of benzene rings is 1. The van der Waals surface area contributed by atoms with Crippen molar-refractivity contribution in [3.05, 3.63) is 72.3 Å². The van der Waals surface area contributed by atoms with Crippen LogP contribution in [0.1, 0.15) is 5.56 Å². The van der Waals surface area contributed by atoms with E-state index in [4.69, 9.17) is 5.73 Å². The highest BCUT2D eigenvalue weighted by Gasteiger charge is 2.22. The predicted octanol–water partition coefficient (Wildman–Crippen LogP) is 4.07. The number of nitrogens with two attached hydrogens (primary N) is 1. The molecule has 5 aromatic heterocycles. The van der Waals surface area contributed by atoms with E-state index in [-0.39, 0.29) is 34.8 Å². The number of anilines is 1. The zero-order chi connectivity index (χ0) is 27.3. The molecule has 0 unspecified atom stereocenters. The van der Waals surface area contributed by atoms with Crippen LogP contribution in [-0.4, -0.2) is 55.5 Å². The van der Waals surface area contributed by atoms with Crippen molar-refractivity contribution in [3.63, 3.8) is 0 Å². The number of hydrogen-bond acceptors (Lipinski definition) is 8. The quantitative estimate of drug-likeness (QED) is 0.282. The smallest absolute Gasteiger partial charge is 0.178 e. The van der Waals surface area contributed by atoms with Crippen LogP contribution in [0.5, 0.6) is 0 Å². The summed E-state index contributed by atoms with van der Waals surface area (Å²) >= 11 is 0. The normalized spacial score (nSPS) is 12.0. The molecule has 0 saturated carbocycles. The molecule has 0 atom stereocenters. The third-order valence-corrected chi connectivity index (χ3v) is 7.17. The molecule has 0 aliphatic heterocycles. The second-order valence-electron chi connectivity index (χ2n) is 9.16. The second-order valence-corrected chi connectivity index (χ2v) is 11.4. The van der Waals surface area contributed by atoms with Gasteiger partial charge in [0.2, 0.25) is 0 Å². The van der Waals surface area contributed by atoms with Gasteiger partial charge in [0, 0.05) is 36.0 Å². The summed E-state index contributed by atoms with van der Waals surface area (Å²) in [5, 5.41) is 7.21. The molecule has 13 heteroatoms. The molecule has 0 aliphatic rings. The van der Waals surface area contributed by atoms with Crippen molar-refractivity contribution in [1.82, 2.24) is 35.1 Å². The van der Waals surface area contributed by atoms with Gasteiger partial charge in [-0.2, -0.15) is 5.10 Å². The van der Waals surface area contributed by atoms with Crippen molar-refractivity contribution >= 4 is 37.6 Å². The van der Waals surface area contributed by atoms with Gasteiger partial charge in [-0.15, -0.1) is 0 Å². The minimum absolute atomic E-state index is 0.0567. The van der Waals surface area contributed by atoms with Crippen molar-refractivity contribution in [3.8, 4) is 33.9 Å². The molecule has 1 aromatic carbocycles. The minimum Gasteiger partial charge on any atom is -0.397 e. The number of fused-ring (bicyclic) bond motifs is 2. The van der Waals surface area contributed by atoms with Crippen molar-refractivity contribution in [2.75, 3.05) is 17.7 Å². The third-order valence-electron chi connectivity index (χ3n) is 6.22. The Kier molecular flexibility index (Phi) is 5.79. The number of nitrogens with one attached hydrogen (secondary N) is 2. The van der Waals surface area contributed by atoms with E-state index in [0.717, 1.165) is 6.26 Å². The maximum Gasteiger partial charge on any atom is 0.178 e. The van der Waals surface area contributed by atoms with E-state index >= 15 is 4.39 Å². The number of sulfone groups is 1. The number of H-pyrrole nitrogens is 2. The third kappa shape index (κ3) is 4.68. The van der Waals surface area contributed by atoms with Crippen molar-refractivity contribution in [2.45, 2.75) is 6.42 Å². The number of nitrogen functional groups attached to an aromatic ring is 1. The molecule has 5 heterocycles. The fourth-order valence-corrected chi connectivity index (χ4v) is 5.06. The number of hydrogen-bond donors (Lipinski definition) is 3. The fourth-order valence-electron chi connectivity index (χ4n) is 4.45. The van der Waals surface area contributed by atoms with E-state index in [1.807, 2.05) is 0 Å². The molecule has 0 spiro atoms. The molecule has 10 nitrogen and oxygen atoms in total. The van der Waals surface area contributed by atoms with Crippen LogP contribution in [0.4, 0.5) is 14.5 Å². The summed E-state index contributed by atoms with van der Waals surface area (Å²) in [5.41, 5.74) is 9.66. The summed E-state index contributed by atoms with van der Waals surface area (Å²) in [4.78, 5) is 20.2. The van der Waals surface area contributed by atoms with Crippen molar-refractivity contribution in [1.29, 1.82) is 0 Å². The highest BCUT2D eigenvalue weighted by Crippen LogP contribution is 2.34. The first-order valence-electron chi connectivity index (χ1n) is 11.7. The number of nitrogens with zero attached hydrogens (tertiary/aromatic N) is 5. The first kappa shape index (κ1) is 24.6. The zero-order valence-corrected chi connectivity index (χ0v) is 21.2. The summed E-state index contributed by atoms with van der Waals surface area (Å²) in [6.07, 6.45) is 7.22. The highest BCUT2D eigenvalue weighted by atomic mass is 32.2. The monoisotopic (exact) mass is 546 g/mol. The summed E-state index contributed by atoms with van der Waals surface area (Å²) in [6, 6.07) is 7.65. The van der Waals surface area contributed by atoms with Gasteiger partial charge in [-0.05, 0) is 41.8 Å². The van der Waals surface area contributed by atoms with Crippen LogP contribution in [0.15, 0.2) is 55.1 Å². The van der Waals surface area contributed by atoms with Gasteiger partial charge in [-0.1, -0.05) is 6.07 Å². The summed E-state index contributed by atoms with van der Waals surface area (Å²) in [5.74, 6) is -0.988. The Hall–Kier alpha value is -4.78. The number of pyridine rings is 3. The molecule has 6 aromatic rings. The molecule has 0 radical (unpaired) electrons. The van der Waals surface area contributed by atoms with Gasteiger partial charge in [-0.25, -0.2) is 27.2 Å². The van der Waals surface area contributed by atoms with Crippen molar-refractivity contribution < 1.29 is 17.2 Å². The zero-order valence-electron chi connectivity index (χ0n) is 20.4. The Bertz CT molecular complexity index is 2000. The Morgan fingerprint density at radius 1 is 1.00 bits per heavy atom. The van der Waals surface area contributed by atoms with Crippen LogP contribution in [-0.2, 0) is 16.3 Å². The Morgan fingerprint density at radius 3 is 2.64 bits per heavy atom. The largest absolute Gasteiger partial charge is 0.397 e. The van der Waals surface area contributed by atoms with Crippen LogP contribution in [0.25, 0.3) is 56.0 Å². The number of imidazole rings is 1. The Labute approximate surface area is 220 Å². The maximum atomic E-state index is 15.8. The van der Waals surface area contributed by atoms with Crippen LogP contribution in [0.2, 0.25) is 0 Å². The summed E-state index contributed by atoms with van der Waals surface area (Å²) in [6.45, 7) is 0. The van der Waals surface area contributed by atoms with Gasteiger partial charge in [0.15, 0.2) is 17.3 Å². The van der Waals surface area contributed by atoms with Gasteiger partial charge >= 0.3 is 0 Å². The molecular formula is C26H20F2N8O2S. The van der Waals surface area contributed by atoms with Crippen LogP contribution in [0, 0.1) is 11.6 Å². The molecule has 6 rings (SSSR count). The van der Waals surface area contributed by atoms with E-state index in [2.05, 4.69) is 35.1 Å². The summed E-state index contributed by atoms with van der Waals surface area (Å²) < 4.78 is 53.5. The van der Waals surface area contributed by atoms with Crippen LogP contribution < -0.4 is 5.73 Å². The van der Waals surface area contributed by atoms with Gasteiger partial charge in [-0.3, -0.25) is 15.1 Å². The lowest BCUT2D eigenvalue weighted by molar-refractivity contribution is 0.600. The maximum absolute atomic E-state index is 15.8. The first-order chi connectivity index (χ1) is 18.7. The lowest BCUT2D eigenvalue weighted by atomic mass is 10.0. The van der Waals surface area contributed by atoms with Crippen LogP contribution in [0.3, 0.4) is 0 Å². The van der Waals surface area contributed by atoms with Crippen LogP contribution >= 0.6 is 0 Å². The Balaban J connectivity index is 1.46. The lowest BCUT2D eigenvalue weighted by Crippen LogP contribution is -2.06. The molecule has 4 N–H and O–H groups in total. The second kappa shape index (κ2) is 9.20. The number of aryl methyl sites for hydroxylation is 1. The molecule has 0 saturated heterocycles. The number of aromatic nitrogens is 7. The molecule has 0 fully saturated rings. The van der Waals surface area contributed by atoms with Gasteiger partial charge in [0.05, 0.1) is 34.1 Å². The van der Waals surface area contributed by atoms with E-state index in [1.165, 1.54) is 36.9 Å².